The van der Waals surface area contributed by atoms with E-state index in [0.717, 1.165) is 5.56 Å². The second-order valence-electron chi connectivity index (χ2n) is 5.86. The summed E-state index contributed by atoms with van der Waals surface area (Å²) in [5.41, 5.74) is -4.63. The van der Waals surface area contributed by atoms with Crippen LogP contribution < -0.4 is 0 Å². The summed E-state index contributed by atoms with van der Waals surface area (Å²) in [6.07, 6.45) is 3.30. The van der Waals surface area contributed by atoms with Crippen molar-refractivity contribution in [1.82, 2.24) is 14.8 Å². The lowest BCUT2D eigenvalue weighted by Gasteiger charge is -2.37. The van der Waals surface area contributed by atoms with Gasteiger partial charge in [0.1, 0.15) is 18.3 Å². The van der Waals surface area contributed by atoms with Crippen molar-refractivity contribution < 1.29 is 18.3 Å². The fourth-order valence-electron chi connectivity index (χ4n) is 2.81. The maximum Gasteiger partial charge on any atom is 0.442 e. The average Bonchev–Trinajstić information content (AvgIpc) is 3.05. The summed E-state index contributed by atoms with van der Waals surface area (Å²) in [7, 11) is 0. The molecule has 1 saturated carbocycles. The molecule has 2 aromatic rings. The maximum absolute atomic E-state index is 13.0. The summed E-state index contributed by atoms with van der Waals surface area (Å²) in [5.74, 6) is 0. The minimum atomic E-state index is -4.41. The molecule has 0 saturated heterocycles. The van der Waals surface area contributed by atoms with Crippen LogP contribution in [0.2, 0.25) is 0 Å². The molecule has 1 atom stereocenters. The van der Waals surface area contributed by atoms with E-state index < -0.39 is 15.9 Å². The maximum atomic E-state index is 13.0. The van der Waals surface area contributed by atoms with Crippen molar-refractivity contribution in [2.75, 3.05) is 0 Å². The van der Waals surface area contributed by atoms with E-state index in [1.807, 2.05) is 6.92 Å². The summed E-state index contributed by atoms with van der Waals surface area (Å²) in [4.78, 5) is 3.80. The summed E-state index contributed by atoms with van der Waals surface area (Å²) >= 11 is -0.114. The van der Waals surface area contributed by atoms with Gasteiger partial charge in [-0.1, -0.05) is 29.8 Å². The third-order valence-electron chi connectivity index (χ3n) is 4.16. The quantitative estimate of drug-likeness (QED) is 0.905. The first-order chi connectivity index (χ1) is 10.7. The Hall–Kier alpha value is -1.54. The SMILES string of the molecule is Cc1ccc(C(O)(Cn2cncn2)C2(SC(F)(F)F)CC2)cc1. The monoisotopic (exact) mass is 343 g/mol. The number of alkyl halides is 3. The van der Waals surface area contributed by atoms with Crippen LogP contribution in [0.15, 0.2) is 36.9 Å². The predicted octanol–water partition coefficient (Wildman–Crippen LogP) is 3.26. The fourth-order valence-corrected chi connectivity index (χ4v) is 3.91. The minimum Gasteiger partial charge on any atom is -0.382 e. The molecule has 1 fully saturated rings. The molecule has 0 amide bonds. The molecule has 1 unspecified atom stereocenters. The molecule has 1 aliphatic carbocycles. The van der Waals surface area contributed by atoms with Crippen LogP contribution in [-0.2, 0) is 12.1 Å². The molecule has 3 rings (SSSR count). The summed E-state index contributed by atoms with van der Waals surface area (Å²) in [5, 5.41) is 15.2. The Bertz CT molecular complexity index is 668. The Labute approximate surface area is 135 Å². The lowest BCUT2D eigenvalue weighted by atomic mass is 9.87. The Morgan fingerprint density at radius 3 is 2.39 bits per heavy atom. The van der Waals surface area contributed by atoms with Crippen LogP contribution in [0.5, 0.6) is 0 Å². The van der Waals surface area contributed by atoms with Crippen molar-refractivity contribution in [1.29, 1.82) is 0 Å². The number of benzene rings is 1. The van der Waals surface area contributed by atoms with E-state index in [0.29, 0.717) is 18.4 Å². The zero-order valence-electron chi connectivity index (χ0n) is 12.4. The van der Waals surface area contributed by atoms with Crippen LogP contribution in [0.1, 0.15) is 24.0 Å². The average molecular weight is 343 g/mol. The summed E-state index contributed by atoms with van der Waals surface area (Å²) in [6.45, 7) is 1.82. The smallest absolute Gasteiger partial charge is 0.382 e. The molecular weight excluding hydrogens is 327 g/mol. The molecule has 0 spiro atoms. The van der Waals surface area contributed by atoms with E-state index in [9.17, 15) is 18.3 Å². The van der Waals surface area contributed by atoms with Gasteiger partial charge in [0.05, 0.1) is 11.3 Å². The molecule has 1 heterocycles. The van der Waals surface area contributed by atoms with E-state index in [1.54, 1.807) is 24.3 Å². The van der Waals surface area contributed by atoms with Crippen molar-refractivity contribution in [3.63, 3.8) is 0 Å². The number of hydrogen-bond donors (Lipinski definition) is 1. The van der Waals surface area contributed by atoms with Crippen LogP contribution in [0.4, 0.5) is 13.2 Å². The van der Waals surface area contributed by atoms with Gasteiger partial charge in [-0.25, -0.2) is 9.67 Å². The topological polar surface area (TPSA) is 50.9 Å². The molecule has 1 N–H and O–H groups in total. The van der Waals surface area contributed by atoms with Gasteiger partial charge in [-0.3, -0.25) is 0 Å². The molecule has 23 heavy (non-hydrogen) atoms. The van der Waals surface area contributed by atoms with Crippen molar-refractivity contribution in [2.24, 2.45) is 0 Å². The van der Waals surface area contributed by atoms with Gasteiger partial charge in [-0.15, -0.1) is 0 Å². The highest BCUT2D eigenvalue weighted by atomic mass is 32.2. The number of nitrogens with zero attached hydrogens (tertiary/aromatic N) is 3. The first-order valence-electron chi connectivity index (χ1n) is 7.13. The number of thioether (sulfide) groups is 1. The number of aryl methyl sites for hydroxylation is 1. The van der Waals surface area contributed by atoms with Crippen molar-refractivity contribution in [3.8, 4) is 0 Å². The zero-order valence-corrected chi connectivity index (χ0v) is 13.2. The number of aliphatic hydroxyl groups is 1. The minimum absolute atomic E-state index is 0.0703. The van der Waals surface area contributed by atoms with E-state index in [2.05, 4.69) is 10.1 Å². The second kappa shape index (κ2) is 5.52. The fraction of sp³-hybridized carbons (Fsp3) is 0.467. The van der Waals surface area contributed by atoms with Crippen molar-refractivity contribution >= 4 is 11.8 Å². The normalized spacial score (nSPS) is 19.3. The van der Waals surface area contributed by atoms with Gasteiger partial charge in [-0.2, -0.15) is 18.3 Å². The van der Waals surface area contributed by atoms with E-state index in [1.165, 1.54) is 17.3 Å². The Morgan fingerprint density at radius 1 is 1.26 bits per heavy atom. The lowest BCUT2D eigenvalue weighted by Crippen LogP contribution is -2.44. The lowest BCUT2D eigenvalue weighted by molar-refractivity contribution is -0.0412. The van der Waals surface area contributed by atoms with Gasteiger partial charge in [-0.05, 0) is 37.1 Å². The molecule has 0 bridgehead atoms. The van der Waals surface area contributed by atoms with Crippen LogP contribution >= 0.6 is 11.8 Å². The second-order valence-corrected chi connectivity index (χ2v) is 7.31. The molecule has 124 valence electrons. The van der Waals surface area contributed by atoms with Crippen LogP contribution in [0.25, 0.3) is 0 Å². The number of rotatable bonds is 5. The highest BCUT2D eigenvalue weighted by molar-refractivity contribution is 8.01. The molecular formula is C15H16F3N3OS. The van der Waals surface area contributed by atoms with Crippen LogP contribution in [-0.4, -0.2) is 30.1 Å². The molecule has 1 aromatic heterocycles. The molecule has 4 nitrogen and oxygen atoms in total. The largest absolute Gasteiger partial charge is 0.442 e. The van der Waals surface area contributed by atoms with Gasteiger partial charge in [0.15, 0.2) is 0 Å². The van der Waals surface area contributed by atoms with Crippen molar-refractivity contribution in [3.05, 3.63) is 48.0 Å². The standard InChI is InChI=1S/C15H16F3N3OS/c1-11-2-4-12(5-3-11)14(22,8-21-10-19-9-20-21)13(6-7-13)23-15(16,17)18/h2-5,9-10,22H,6-8H2,1H3. The molecule has 0 radical (unpaired) electrons. The highest BCUT2D eigenvalue weighted by Gasteiger charge is 2.64. The van der Waals surface area contributed by atoms with Gasteiger partial charge >= 0.3 is 5.51 Å². The third-order valence-corrected chi connectivity index (χ3v) is 5.52. The van der Waals surface area contributed by atoms with Gasteiger partial charge in [0, 0.05) is 0 Å². The van der Waals surface area contributed by atoms with Gasteiger partial charge in [0.25, 0.3) is 0 Å². The summed E-state index contributed by atoms with van der Waals surface area (Å²) in [6, 6.07) is 6.94. The molecule has 8 heteroatoms. The van der Waals surface area contributed by atoms with Crippen LogP contribution in [0.3, 0.4) is 0 Å². The third kappa shape index (κ3) is 3.23. The number of aromatic nitrogens is 3. The van der Waals surface area contributed by atoms with Gasteiger partial charge < -0.3 is 5.11 Å². The Kier molecular flexibility index (Phi) is 3.92. The molecule has 0 aliphatic heterocycles. The predicted molar refractivity (Wildman–Crippen MR) is 80.7 cm³/mol. The number of halogens is 3. The molecule has 1 aliphatic rings. The highest BCUT2D eigenvalue weighted by Crippen LogP contribution is 2.64. The zero-order chi connectivity index (χ0) is 16.7. The Balaban J connectivity index is 2.01. The number of hydrogen-bond acceptors (Lipinski definition) is 4. The van der Waals surface area contributed by atoms with Crippen molar-refractivity contribution in [2.45, 2.75) is 42.2 Å². The van der Waals surface area contributed by atoms with Gasteiger partial charge in [0.2, 0.25) is 0 Å². The van der Waals surface area contributed by atoms with E-state index >= 15 is 0 Å². The summed E-state index contributed by atoms with van der Waals surface area (Å²) < 4.78 is 39.1. The van der Waals surface area contributed by atoms with E-state index in [-0.39, 0.29) is 18.3 Å². The Morgan fingerprint density at radius 2 is 1.91 bits per heavy atom. The molecule has 1 aromatic carbocycles. The van der Waals surface area contributed by atoms with E-state index in [4.69, 9.17) is 0 Å². The first-order valence-corrected chi connectivity index (χ1v) is 7.95. The first kappa shape index (κ1) is 16.3. The van der Waals surface area contributed by atoms with Crippen LogP contribution in [0, 0.1) is 6.92 Å².